The number of alkyl halides is 3. The number of nitrogens with zero attached hydrogens (tertiary/aromatic N) is 7. The highest BCUT2D eigenvalue weighted by atomic mass is 35.5. The third-order valence-corrected chi connectivity index (χ3v) is 11.4. The van der Waals surface area contributed by atoms with Gasteiger partial charge in [-0.25, -0.2) is 4.98 Å². The highest BCUT2D eigenvalue weighted by Gasteiger charge is 2.60. The molecular formula is C28H34ClF3N8O3S. The SMILES string of the molecule is CS1(=O)(CC(F)(F)F)ON1c1ccc(Cl)cc1C(=O)N1CCCC[C@H]1c1cc2nc(N3CCC3)cc(N3CCNCC3)n2n1. The van der Waals surface area contributed by atoms with Crippen LogP contribution in [0.3, 0.4) is 0 Å². The molecule has 0 aliphatic carbocycles. The predicted octanol–water partition coefficient (Wildman–Crippen LogP) is 3.96. The van der Waals surface area contributed by atoms with Crippen molar-refractivity contribution >= 4 is 50.0 Å². The van der Waals surface area contributed by atoms with Crippen molar-refractivity contribution in [3.05, 3.63) is 46.6 Å². The maximum Gasteiger partial charge on any atom is 0.407 e. The summed E-state index contributed by atoms with van der Waals surface area (Å²) < 4.78 is 61.0. The number of anilines is 3. The second kappa shape index (κ2) is 10.5. The second-order valence-electron chi connectivity index (χ2n) is 12.0. The topological polar surface area (TPSA) is 102 Å². The molecule has 7 rings (SSSR count). The van der Waals surface area contributed by atoms with E-state index in [2.05, 4.69) is 21.2 Å². The fraction of sp³-hybridized carbons (Fsp3) is 0.536. The lowest BCUT2D eigenvalue weighted by Crippen LogP contribution is -2.44. The summed E-state index contributed by atoms with van der Waals surface area (Å²) in [4.78, 5) is 25.3. The molecule has 3 aromatic rings. The van der Waals surface area contributed by atoms with Gasteiger partial charge in [0.15, 0.2) is 11.4 Å². The van der Waals surface area contributed by atoms with Crippen LogP contribution >= 0.6 is 11.6 Å². The first-order valence-electron chi connectivity index (χ1n) is 14.8. The third kappa shape index (κ3) is 5.37. The number of carbonyl (C=O) groups excluding carboxylic acids is 1. The average molecular weight is 655 g/mol. The number of amides is 1. The number of rotatable bonds is 6. The number of benzene rings is 1. The number of carbonyl (C=O) groups is 1. The minimum atomic E-state index is -4.72. The van der Waals surface area contributed by atoms with E-state index < -0.39 is 33.4 Å². The molecular weight excluding hydrogens is 621 g/mol. The van der Waals surface area contributed by atoms with Crippen molar-refractivity contribution in [1.82, 2.24) is 24.8 Å². The summed E-state index contributed by atoms with van der Waals surface area (Å²) in [7, 11) is -4.69. The molecule has 238 valence electrons. The van der Waals surface area contributed by atoms with E-state index in [1.807, 2.05) is 10.6 Å². The molecule has 4 aliphatic rings. The molecule has 1 aromatic carbocycles. The van der Waals surface area contributed by atoms with Gasteiger partial charge in [-0.05, 0) is 43.9 Å². The summed E-state index contributed by atoms with van der Waals surface area (Å²) in [5, 5.41) is 8.60. The number of halogens is 4. The Morgan fingerprint density at radius 1 is 1.07 bits per heavy atom. The number of hydrogen-bond donors (Lipinski definition) is 1. The fourth-order valence-corrected chi connectivity index (χ4v) is 8.86. The largest absolute Gasteiger partial charge is 0.407 e. The van der Waals surface area contributed by atoms with E-state index in [4.69, 9.17) is 26.0 Å². The lowest BCUT2D eigenvalue weighted by Gasteiger charge is -2.35. The van der Waals surface area contributed by atoms with Crippen LogP contribution in [0.25, 0.3) is 5.65 Å². The molecule has 0 radical (unpaired) electrons. The van der Waals surface area contributed by atoms with Crippen LogP contribution < -0.4 is 19.6 Å². The van der Waals surface area contributed by atoms with E-state index in [0.717, 1.165) is 80.9 Å². The molecule has 4 saturated heterocycles. The Morgan fingerprint density at radius 3 is 2.55 bits per heavy atom. The van der Waals surface area contributed by atoms with Crippen molar-refractivity contribution in [2.45, 2.75) is 37.9 Å². The van der Waals surface area contributed by atoms with Crippen molar-refractivity contribution < 1.29 is 26.5 Å². The molecule has 0 unspecified atom stereocenters. The van der Waals surface area contributed by atoms with Gasteiger partial charge in [0.05, 0.1) is 17.3 Å². The van der Waals surface area contributed by atoms with Crippen molar-refractivity contribution in [1.29, 1.82) is 0 Å². The predicted molar refractivity (Wildman–Crippen MR) is 163 cm³/mol. The number of hydrogen-bond acceptors (Lipinski definition) is 8. The van der Waals surface area contributed by atoms with E-state index in [9.17, 15) is 22.2 Å². The summed E-state index contributed by atoms with van der Waals surface area (Å²) in [5.74, 6) is -0.240. The monoisotopic (exact) mass is 654 g/mol. The Hall–Kier alpha value is -3.14. The molecule has 16 heteroatoms. The van der Waals surface area contributed by atoms with Crippen LogP contribution in [0, 0.1) is 0 Å². The first-order chi connectivity index (χ1) is 20.9. The Bertz CT molecular complexity index is 1690. The number of fused-ring (bicyclic) bond motifs is 1. The molecule has 11 nitrogen and oxygen atoms in total. The van der Waals surface area contributed by atoms with Gasteiger partial charge in [-0.1, -0.05) is 21.1 Å². The van der Waals surface area contributed by atoms with Gasteiger partial charge < -0.3 is 20.0 Å². The maximum atomic E-state index is 14.2. The van der Waals surface area contributed by atoms with Crippen LogP contribution in [-0.2, 0) is 13.8 Å². The smallest absolute Gasteiger partial charge is 0.356 e. The first-order valence-corrected chi connectivity index (χ1v) is 17.6. The van der Waals surface area contributed by atoms with Crippen LogP contribution in [0.4, 0.5) is 30.5 Å². The summed E-state index contributed by atoms with van der Waals surface area (Å²) in [6.07, 6.45) is -0.403. The molecule has 0 bridgehead atoms. The van der Waals surface area contributed by atoms with Crippen molar-refractivity contribution in [2.24, 2.45) is 0 Å². The van der Waals surface area contributed by atoms with Gasteiger partial charge in [-0.15, -0.1) is 8.75 Å². The number of piperazine rings is 1. The molecule has 0 spiro atoms. The van der Waals surface area contributed by atoms with Gasteiger partial charge in [-0.3, -0.25) is 4.79 Å². The summed E-state index contributed by atoms with van der Waals surface area (Å²) in [5.41, 5.74) is 1.39. The van der Waals surface area contributed by atoms with Crippen molar-refractivity contribution in [3.8, 4) is 0 Å². The van der Waals surface area contributed by atoms with Crippen LogP contribution in [0.15, 0.2) is 30.3 Å². The number of likely N-dealkylation sites (tertiary alicyclic amines) is 1. The van der Waals surface area contributed by atoms with Crippen molar-refractivity contribution in [2.75, 3.05) is 72.1 Å². The normalized spacial score (nSPS) is 24.1. The number of nitrogens with one attached hydrogen (secondary N) is 1. The zero-order chi connectivity index (χ0) is 30.9. The van der Waals surface area contributed by atoms with E-state index in [1.165, 1.54) is 18.2 Å². The maximum absolute atomic E-state index is 14.2. The minimum Gasteiger partial charge on any atom is -0.356 e. The highest BCUT2D eigenvalue weighted by Crippen LogP contribution is 2.53. The molecule has 44 heavy (non-hydrogen) atoms. The zero-order valence-electron chi connectivity index (χ0n) is 24.2. The van der Waals surface area contributed by atoms with Gasteiger partial charge in [0.1, 0.15) is 17.3 Å². The van der Waals surface area contributed by atoms with Crippen LogP contribution in [0.5, 0.6) is 0 Å². The summed E-state index contributed by atoms with van der Waals surface area (Å²) in [6, 6.07) is 7.81. The molecule has 1 amide bonds. The standard InChI is InChI=1S/C28H34ClF3N8O3S/c1-44(42,18-28(30,31)32)40(43-44)22-7-6-19(29)15-20(22)27(41)38-12-3-2-5-23(38)21-16-25-34-24(36-10-4-11-36)17-26(39(25)35-21)37-13-8-33-9-14-37/h6-7,15-17,23,33H,2-5,8-14,18H2,1H3/t23-,40?/m0/s1. The van der Waals surface area contributed by atoms with Gasteiger partial charge in [0.2, 0.25) is 0 Å². The molecule has 1 N–H and O–H groups in total. The first kappa shape index (κ1) is 29.6. The van der Waals surface area contributed by atoms with Crippen LogP contribution in [0.1, 0.15) is 47.8 Å². The molecule has 1 atom stereocenters. The molecule has 4 aliphatic heterocycles. The van der Waals surface area contributed by atoms with E-state index in [0.29, 0.717) is 24.3 Å². The molecule has 2 aromatic heterocycles. The summed E-state index contributed by atoms with van der Waals surface area (Å²) >= 11 is 6.28. The fourth-order valence-electron chi connectivity index (χ4n) is 6.33. The second-order valence-corrected chi connectivity index (χ2v) is 16.0. The van der Waals surface area contributed by atoms with E-state index in [1.54, 1.807) is 4.90 Å². The molecule has 0 saturated carbocycles. The lowest BCUT2D eigenvalue weighted by molar-refractivity contribution is -0.106. The van der Waals surface area contributed by atoms with Gasteiger partial charge in [0.25, 0.3) is 5.91 Å². The Kier molecular flexibility index (Phi) is 7.03. The van der Waals surface area contributed by atoms with Crippen LogP contribution in [-0.4, -0.2) is 93.6 Å². The average Bonchev–Trinajstić information content (AvgIpc) is 3.29. The minimum absolute atomic E-state index is 0.00988. The van der Waals surface area contributed by atoms with Gasteiger partial charge >= 0.3 is 6.18 Å². The van der Waals surface area contributed by atoms with E-state index in [-0.39, 0.29) is 16.3 Å². The number of piperidine rings is 1. The molecule has 6 heterocycles. The van der Waals surface area contributed by atoms with Gasteiger partial charge in [-0.2, -0.15) is 27.0 Å². The van der Waals surface area contributed by atoms with Crippen LogP contribution in [0.2, 0.25) is 5.02 Å². The Balaban J connectivity index is 1.24. The van der Waals surface area contributed by atoms with Crippen molar-refractivity contribution in [3.63, 3.8) is 0 Å². The third-order valence-electron chi connectivity index (χ3n) is 8.67. The zero-order valence-corrected chi connectivity index (χ0v) is 25.8. The highest BCUT2D eigenvalue weighted by molar-refractivity contribution is 8.21. The summed E-state index contributed by atoms with van der Waals surface area (Å²) in [6.45, 7) is 5.69. The van der Waals surface area contributed by atoms with Gasteiger partial charge in [0, 0.05) is 69.2 Å². The lowest BCUT2D eigenvalue weighted by atomic mass is 9.98. The molecule has 4 fully saturated rings. The quantitative estimate of drug-likeness (QED) is 0.399. The Morgan fingerprint density at radius 2 is 1.84 bits per heavy atom. The Labute approximate surface area is 257 Å². The van der Waals surface area contributed by atoms with E-state index >= 15 is 0 Å². The number of aromatic nitrogens is 3.